The highest BCUT2D eigenvalue weighted by molar-refractivity contribution is 5.93. The van der Waals surface area contributed by atoms with Gasteiger partial charge in [0.05, 0.1) is 0 Å². The van der Waals surface area contributed by atoms with E-state index in [-0.39, 0.29) is 12.5 Å². The number of amides is 1. The summed E-state index contributed by atoms with van der Waals surface area (Å²) >= 11 is 0. The van der Waals surface area contributed by atoms with E-state index in [0.717, 1.165) is 17.7 Å². The second-order valence-corrected chi connectivity index (χ2v) is 5.82. The van der Waals surface area contributed by atoms with Crippen LogP contribution in [0.2, 0.25) is 0 Å². The van der Waals surface area contributed by atoms with Crippen molar-refractivity contribution in [3.8, 4) is 11.4 Å². The molecule has 0 radical (unpaired) electrons. The van der Waals surface area contributed by atoms with Gasteiger partial charge in [-0.3, -0.25) is 4.79 Å². The van der Waals surface area contributed by atoms with Crippen LogP contribution in [-0.4, -0.2) is 32.7 Å². The second-order valence-electron chi connectivity index (χ2n) is 5.82. The quantitative estimate of drug-likeness (QED) is 0.616. The van der Waals surface area contributed by atoms with E-state index in [2.05, 4.69) is 28.9 Å². The van der Waals surface area contributed by atoms with E-state index in [9.17, 15) is 4.79 Å². The van der Waals surface area contributed by atoms with Gasteiger partial charge in [-0.05, 0) is 29.3 Å². The minimum Gasteiger partial charge on any atom is -0.307 e. The SMILES string of the molecule is C=CCN(C(=O)Cn1nnc(-c2ccc(CC)cc2)n1)c1ccccc1. The molecule has 0 spiro atoms. The molecule has 0 N–H and O–H groups in total. The maximum absolute atomic E-state index is 12.7. The average molecular weight is 347 g/mol. The minimum absolute atomic E-state index is 0.0166. The number of carbonyl (C=O) groups is 1. The summed E-state index contributed by atoms with van der Waals surface area (Å²) in [7, 11) is 0. The molecule has 0 aliphatic rings. The van der Waals surface area contributed by atoms with Gasteiger partial charge in [0.25, 0.3) is 5.91 Å². The molecule has 6 nitrogen and oxygen atoms in total. The van der Waals surface area contributed by atoms with Crippen molar-refractivity contribution >= 4 is 11.6 Å². The number of benzene rings is 2. The molecule has 3 aromatic rings. The zero-order chi connectivity index (χ0) is 18.4. The average Bonchev–Trinajstić information content (AvgIpc) is 3.15. The van der Waals surface area contributed by atoms with Gasteiger partial charge in [-0.25, -0.2) is 0 Å². The van der Waals surface area contributed by atoms with Crippen molar-refractivity contribution in [2.75, 3.05) is 11.4 Å². The highest BCUT2D eigenvalue weighted by Gasteiger charge is 2.16. The van der Waals surface area contributed by atoms with E-state index in [4.69, 9.17) is 0 Å². The van der Waals surface area contributed by atoms with Gasteiger partial charge in [0.15, 0.2) is 0 Å². The summed E-state index contributed by atoms with van der Waals surface area (Å²) in [4.78, 5) is 15.7. The Balaban J connectivity index is 1.74. The predicted molar refractivity (Wildman–Crippen MR) is 102 cm³/mol. The van der Waals surface area contributed by atoms with Crippen molar-refractivity contribution in [2.45, 2.75) is 19.9 Å². The predicted octanol–water partition coefficient (Wildman–Crippen LogP) is 3.12. The molecule has 1 heterocycles. The zero-order valence-corrected chi connectivity index (χ0v) is 14.7. The van der Waals surface area contributed by atoms with Crippen molar-refractivity contribution in [3.63, 3.8) is 0 Å². The van der Waals surface area contributed by atoms with Crippen LogP contribution in [0.3, 0.4) is 0 Å². The molecule has 0 bridgehead atoms. The smallest absolute Gasteiger partial charge is 0.250 e. The molecule has 0 aliphatic carbocycles. The summed E-state index contributed by atoms with van der Waals surface area (Å²) in [6, 6.07) is 17.5. The van der Waals surface area contributed by atoms with Gasteiger partial charge in [-0.2, -0.15) is 4.80 Å². The Labute approximate surface area is 152 Å². The fourth-order valence-electron chi connectivity index (χ4n) is 2.61. The van der Waals surface area contributed by atoms with E-state index >= 15 is 0 Å². The fourth-order valence-corrected chi connectivity index (χ4v) is 2.61. The molecule has 0 fully saturated rings. The third kappa shape index (κ3) is 4.03. The molecule has 1 amide bonds. The largest absolute Gasteiger partial charge is 0.307 e. The molecule has 26 heavy (non-hydrogen) atoms. The first-order valence-electron chi connectivity index (χ1n) is 8.54. The van der Waals surface area contributed by atoms with Gasteiger partial charge >= 0.3 is 0 Å². The number of aromatic nitrogens is 4. The third-order valence-corrected chi connectivity index (χ3v) is 4.03. The molecule has 3 rings (SSSR count). The summed E-state index contributed by atoms with van der Waals surface area (Å²) in [5.41, 5.74) is 2.94. The monoisotopic (exact) mass is 347 g/mol. The molecule has 0 aliphatic heterocycles. The lowest BCUT2D eigenvalue weighted by Crippen LogP contribution is -2.34. The lowest BCUT2D eigenvalue weighted by atomic mass is 10.1. The topological polar surface area (TPSA) is 63.9 Å². The maximum Gasteiger partial charge on any atom is 0.250 e. The molecule has 6 heteroatoms. The van der Waals surface area contributed by atoms with Gasteiger partial charge in [0.1, 0.15) is 6.54 Å². The third-order valence-electron chi connectivity index (χ3n) is 4.03. The maximum atomic E-state index is 12.7. The van der Waals surface area contributed by atoms with E-state index < -0.39 is 0 Å². The van der Waals surface area contributed by atoms with Gasteiger partial charge in [0.2, 0.25) is 5.82 Å². The molecular formula is C20H21N5O. The van der Waals surface area contributed by atoms with Gasteiger partial charge < -0.3 is 4.90 Å². The Morgan fingerprint density at radius 2 is 1.88 bits per heavy atom. The van der Waals surface area contributed by atoms with Crippen molar-refractivity contribution in [1.82, 2.24) is 20.2 Å². The number of hydrogen-bond acceptors (Lipinski definition) is 4. The standard InChI is InChI=1S/C20H21N5O/c1-3-14-24(18-8-6-5-7-9-18)19(26)15-25-22-20(21-23-25)17-12-10-16(4-2)11-13-17/h3,5-13H,1,4,14-15H2,2H3. The first-order chi connectivity index (χ1) is 12.7. The van der Waals surface area contributed by atoms with Crippen LogP contribution in [0.4, 0.5) is 5.69 Å². The summed E-state index contributed by atoms with van der Waals surface area (Å²) < 4.78 is 0. The van der Waals surface area contributed by atoms with E-state index in [1.54, 1.807) is 11.0 Å². The lowest BCUT2D eigenvalue weighted by molar-refractivity contribution is -0.119. The molecule has 0 saturated carbocycles. The van der Waals surface area contributed by atoms with Crippen LogP contribution < -0.4 is 4.90 Å². The highest BCUT2D eigenvalue weighted by Crippen LogP contribution is 2.16. The molecule has 1 aromatic heterocycles. The van der Waals surface area contributed by atoms with Crippen molar-refractivity contribution in [2.24, 2.45) is 0 Å². The number of anilines is 1. The van der Waals surface area contributed by atoms with Crippen LogP contribution in [-0.2, 0) is 17.8 Å². The number of nitrogens with zero attached hydrogens (tertiary/aromatic N) is 5. The Kier molecular flexibility index (Phi) is 5.53. The van der Waals surface area contributed by atoms with Crippen molar-refractivity contribution in [3.05, 3.63) is 72.8 Å². The first kappa shape index (κ1) is 17.5. The van der Waals surface area contributed by atoms with Crippen LogP contribution in [0.1, 0.15) is 12.5 Å². The number of rotatable bonds is 7. The molecule has 0 unspecified atom stereocenters. The summed E-state index contributed by atoms with van der Waals surface area (Å²) in [5, 5.41) is 12.4. The first-order valence-corrected chi connectivity index (χ1v) is 8.54. The number of para-hydroxylation sites is 1. The fraction of sp³-hybridized carbons (Fsp3) is 0.200. The summed E-state index contributed by atoms with van der Waals surface area (Å²) in [6.07, 6.45) is 2.67. The number of tetrazole rings is 1. The molecular weight excluding hydrogens is 326 g/mol. The molecule has 132 valence electrons. The number of aryl methyl sites for hydroxylation is 1. The number of carbonyl (C=O) groups excluding carboxylic acids is 1. The summed E-state index contributed by atoms with van der Waals surface area (Å²) in [5.74, 6) is 0.386. The summed E-state index contributed by atoms with van der Waals surface area (Å²) in [6.45, 7) is 6.27. The zero-order valence-electron chi connectivity index (χ0n) is 14.7. The van der Waals surface area contributed by atoms with Gasteiger partial charge in [-0.15, -0.1) is 16.8 Å². The van der Waals surface area contributed by atoms with Crippen LogP contribution in [0.25, 0.3) is 11.4 Å². The van der Waals surface area contributed by atoms with E-state index in [0.29, 0.717) is 12.4 Å². The van der Waals surface area contributed by atoms with E-state index in [1.807, 2.05) is 54.6 Å². The Morgan fingerprint density at radius 3 is 2.54 bits per heavy atom. The normalized spacial score (nSPS) is 10.5. The molecule has 0 saturated heterocycles. The van der Waals surface area contributed by atoms with Crippen molar-refractivity contribution in [1.29, 1.82) is 0 Å². The van der Waals surface area contributed by atoms with Crippen molar-refractivity contribution < 1.29 is 4.79 Å². The van der Waals surface area contributed by atoms with Crippen LogP contribution in [0, 0.1) is 0 Å². The Morgan fingerprint density at radius 1 is 1.15 bits per heavy atom. The van der Waals surface area contributed by atoms with Crippen LogP contribution >= 0.6 is 0 Å². The van der Waals surface area contributed by atoms with E-state index in [1.165, 1.54) is 10.4 Å². The highest BCUT2D eigenvalue weighted by atomic mass is 16.2. The molecule has 0 atom stereocenters. The Bertz CT molecular complexity index is 871. The van der Waals surface area contributed by atoms with Gasteiger partial charge in [-0.1, -0.05) is 55.5 Å². The minimum atomic E-state index is -0.124. The Hall–Kier alpha value is -3.28. The lowest BCUT2D eigenvalue weighted by Gasteiger charge is -2.20. The number of hydrogen-bond donors (Lipinski definition) is 0. The second kappa shape index (κ2) is 8.20. The molecule has 2 aromatic carbocycles. The van der Waals surface area contributed by atoms with Gasteiger partial charge in [0, 0.05) is 17.8 Å². The van der Waals surface area contributed by atoms with Crippen LogP contribution in [0.5, 0.6) is 0 Å². The van der Waals surface area contributed by atoms with Crippen LogP contribution in [0.15, 0.2) is 67.3 Å².